The number of carbonyl (C=O) groups excluding carboxylic acids is 2. The SMILES string of the molecule is CC(=O)Nc1cnn(CC(=O)NCc2cccc(Cl)c2)n1. The van der Waals surface area contributed by atoms with Crippen molar-refractivity contribution >= 4 is 29.2 Å². The predicted octanol–water partition coefficient (Wildman–Crippen LogP) is 1.21. The highest BCUT2D eigenvalue weighted by Crippen LogP contribution is 2.10. The largest absolute Gasteiger partial charge is 0.350 e. The molecule has 1 heterocycles. The molecule has 110 valence electrons. The van der Waals surface area contributed by atoms with E-state index in [1.165, 1.54) is 17.9 Å². The molecule has 2 N–H and O–H groups in total. The van der Waals surface area contributed by atoms with Gasteiger partial charge in [0.05, 0.1) is 6.20 Å². The van der Waals surface area contributed by atoms with E-state index in [0.717, 1.165) is 5.56 Å². The third kappa shape index (κ3) is 4.88. The zero-order valence-corrected chi connectivity index (χ0v) is 12.1. The molecule has 7 nitrogen and oxygen atoms in total. The Morgan fingerprint density at radius 3 is 2.90 bits per heavy atom. The fourth-order valence-electron chi connectivity index (χ4n) is 1.64. The van der Waals surface area contributed by atoms with Crippen LogP contribution in [0.4, 0.5) is 5.82 Å². The summed E-state index contributed by atoms with van der Waals surface area (Å²) in [7, 11) is 0. The van der Waals surface area contributed by atoms with Gasteiger partial charge in [-0.1, -0.05) is 23.7 Å². The maximum atomic E-state index is 11.8. The van der Waals surface area contributed by atoms with Crippen LogP contribution in [-0.2, 0) is 22.7 Å². The van der Waals surface area contributed by atoms with E-state index in [1.807, 2.05) is 12.1 Å². The van der Waals surface area contributed by atoms with E-state index in [0.29, 0.717) is 17.4 Å². The van der Waals surface area contributed by atoms with Crippen LogP contribution < -0.4 is 10.6 Å². The van der Waals surface area contributed by atoms with Crippen molar-refractivity contribution in [1.29, 1.82) is 0 Å². The average Bonchev–Trinajstić information content (AvgIpc) is 2.83. The number of carbonyl (C=O) groups is 2. The van der Waals surface area contributed by atoms with E-state index in [2.05, 4.69) is 20.8 Å². The van der Waals surface area contributed by atoms with Gasteiger partial charge in [-0.05, 0) is 17.7 Å². The van der Waals surface area contributed by atoms with Gasteiger partial charge in [-0.3, -0.25) is 9.59 Å². The van der Waals surface area contributed by atoms with Crippen LogP contribution in [0.2, 0.25) is 5.02 Å². The Morgan fingerprint density at radius 1 is 1.38 bits per heavy atom. The zero-order valence-electron chi connectivity index (χ0n) is 11.3. The molecule has 0 aliphatic heterocycles. The molecule has 1 aromatic heterocycles. The average molecular weight is 308 g/mol. The highest BCUT2D eigenvalue weighted by atomic mass is 35.5. The van der Waals surface area contributed by atoms with Gasteiger partial charge < -0.3 is 10.6 Å². The number of aromatic nitrogens is 3. The number of rotatable bonds is 5. The highest BCUT2D eigenvalue weighted by molar-refractivity contribution is 6.30. The summed E-state index contributed by atoms with van der Waals surface area (Å²) < 4.78 is 0. The second kappa shape index (κ2) is 6.85. The Labute approximate surface area is 126 Å². The van der Waals surface area contributed by atoms with Crippen molar-refractivity contribution in [2.75, 3.05) is 5.32 Å². The van der Waals surface area contributed by atoms with Gasteiger partial charge in [-0.2, -0.15) is 9.90 Å². The fourth-order valence-corrected chi connectivity index (χ4v) is 1.86. The molecule has 0 fully saturated rings. The van der Waals surface area contributed by atoms with Crippen LogP contribution in [0.3, 0.4) is 0 Å². The van der Waals surface area contributed by atoms with Crippen LogP contribution in [-0.4, -0.2) is 26.8 Å². The maximum absolute atomic E-state index is 11.8. The third-order valence-corrected chi connectivity index (χ3v) is 2.74. The molecule has 0 spiro atoms. The summed E-state index contributed by atoms with van der Waals surface area (Å²) in [6, 6.07) is 7.23. The number of anilines is 1. The van der Waals surface area contributed by atoms with E-state index in [9.17, 15) is 9.59 Å². The molecule has 8 heteroatoms. The van der Waals surface area contributed by atoms with Crippen molar-refractivity contribution < 1.29 is 9.59 Å². The number of amides is 2. The third-order valence-electron chi connectivity index (χ3n) is 2.50. The quantitative estimate of drug-likeness (QED) is 0.869. The molecular formula is C13H14ClN5O2. The lowest BCUT2D eigenvalue weighted by Gasteiger charge is -2.05. The van der Waals surface area contributed by atoms with Gasteiger partial charge in [-0.25, -0.2) is 0 Å². The van der Waals surface area contributed by atoms with Gasteiger partial charge in [0, 0.05) is 18.5 Å². The van der Waals surface area contributed by atoms with E-state index >= 15 is 0 Å². The Balaban J connectivity index is 1.84. The Hall–Kier alpha value is -2.41. The maximum Gasteiger partial charge on any atom is 0.243 e. The first-order chi connectivity index (χ1) is 10.0. The van der Waals surface area contributed by atoms with Gasteiger partial charge >= 0.3 is 0 Å². The summed E-state index contributed by atoms with van der Waals surface area (Å²) in [5, 5.41) is 13.7. The van der Waals surface area contributed by atoms with Crippen LogP contribution in [0.5, 0.6) is 0 Å². The molecule has 2 amide bonds. The predicted molar refractivity (Wildman–Crippen MR) is 77.6 cm³/mol. The lowest BCUT2D eigenvalue weighted by Crippen LogP contribution is -2.28. The summed E-state index contributed by atoms with van der Waals surface area (Å²) in [6.45, 7) is 1.72. The number of benzene rings is 1. The van der Waals surface area contributed by atoms with Crippen LogP contribution in [0.25, 0.3) is 0 Å². The molecule has 21 heavy (non-hydrogen) atoms. The van der Waals surface area contributed by atoms with Crippen LogP contribution in [0, 0.1) is 0 Å². The molecule has 0 unspecified atom stereocenters. The molecule has 2 aromatic rings. The Morgan fingerprint density at radius 2 is 2.19 bits per heavy atom. The lowest BCUT2D eigenvalue weighted by molar-refractivity contribution is -0.122. The van der Waals surface area contributed by atoms with Crippen LogP contribution in [0.1, 0.15) is 12.5 Å². The minimum atomic E-state index is -0.243. The minimum Gasteiger partial charge on any atom is -0.350 e. The first-order valence-electron chi connectivity index (χ1n) is 6.22. The van der Waals surface area contributed by atoms with Gasteiger partial charge in [0.1, 0.15) is 6.54 Å². The smallest absolute Gasteiger partial charge is 0.243 e. The first-order valence-corrected chi connectivity index (χ1v) is 6.59. The Bertz CT molecular complexity index is 656. The summed E-state index contributed by atoms with van der Waals surface area (Å²) in [4.78, 5) is 23.8. The standard InChI is InChI=1S/C13H14ClN5O2/c1-9(20)17-12-7-16-19(18-12)8-13(21)15-6-10-3-2-4-11(14)5-10/h2-5,7H,6,8H2,1H3,(H,15,21)(H,17,18,20). The van der Waals surface area contributed by atoms with E-state index in [4.69, 9.17) is 11.6 Å². The van der Waals surface area contributed by atoms with E-state index < -0.39 is 0 Å². The molecule has 2 rings (SSSR count). The Kier molecular flexibility index (Phi) is 4.89. The van der Waals surface area contributed by atoms with Gasteiger partial charge in [0.2, 0.25) is 11.8 Å². The van der Waals surface area contributed by atoms with Gasteiger partial charge in [0.25, 0.3) is 0 Å². The van der Waals surface area contributed by atoms with Crippen molar-refractivity contribution in [3.05, 3.63) is 41.0 Å². The zero-order chi connectivity index (χ0) is 15.2. The highest BCUT2D eigenvalue weighted by Gasteiger charge is 2.07. The van der Waals surface area contributed by atoms with Crippen molar-refractivity contribution in [2.45, 2.75) is 20.0 Å². The summed E-state index contributed by atoms with van der Waals surface area (Å²) in [5.74, 6) is -0.169. The van der Waals surface area contributed by atoms with Gasteiger partial charge in [-0.15, -0.1) is 5.10 Å². The van der Waals surface area contributed by atoms with E-state index in [1.54, 1.807) is 12.1 Å². The second-order valence-corrected chi connectivity index (χ2v) is 4.78. The topological polar surface area (TPSA) is 88.9 Å². The number of nitrogens with zero attached hydrogens (tertiary/aromatic N) is 3. The van der Waals surface area contributed by atoms with Crippen molar-refractivity contribution in [1.82, 2.24) is 20.3 Å². The molecule has 0 aliphatic rings. The summed E-state index contributed by atoms with van der Waals surface area (Å²) >= 11 is 5.86. The molecule has 0 radical (unpaired) electrons. The number of hydrogen-bond donors (Lipinski definition) is 2. The molecule has 0 bridgehead atoms. The number of hydrogen-bond acceptors (Lipinski definition) is 4. The minimum absolute atomic E-state index is 0.0276. The first kappa shape index (κ1) is 15.0. The molecule has 0 saturated heterocycles. The van der Waals surface area contributed by atoms with Crippen molar-refractivity contribution in [3.8, 4) is 0 Å². The molecule has 0 atom stereocenters. The van der Waals surface area contributed by atoms with Crippen molar-refractivity contribution in [3.63, 3.8) is 0 Å². The molecule has 0 saturated carbocycles. The van der Waals surface area contributed by atoms with Gasteiger partial charge in [0.15, 0.2) is 5.82 Å². The fraction of sp³-hybridized carbons (Fsp3) is 0.231. The number of nitrogens with one attached hydrogen (secondary N) is 2. The molecular weight excluding hydrogens is 294 g/mol. The second-order valence-electron chi connectivity index (χ2n) is 4.35. The summed E-state index contributed by atoms with van der Waals surface area (Å²) in [5.41, 5.74) is 0.906. The van der Waals surface area contributed by atoms with Crippen LogP contribution >= 0.6 is 11.6 Å². The molecule has 1 aromatic carbocycles. The lowest BCUT2D eigenvalue weighted by atomic mass is 10.2. The van der Waals surface area contributed by atoms with Crippen LogP contribution in [0.15, 0.2) is 30.5 Å². The normalized spacial score (nSPS) is 10.2. The number of halogens is 1. The molecule has 0 aliphatic carbocycles. The summed E-state index contributed by atoms with van der Waals surface area (Å²) in [6.07, 6.45) is 1.38. The monoisotopic (exact) mass is 307 g/mol. The van der Waals surface area contributed by atoms with Crippen molar-refractivity contribution in [2.24, 2.45) is 0 Å². The van der Waals surface area contributed by atoms with E-state index in [-0.39, 0.29) is 18.4 Å².